The van der Waals surface area contributed by atoms with Crippen molar-refractivity contribution in [1.29, 1.82) is 0 Å². The van der Waals surface area contributed by atoms with Gasteiger partial charge in [0.15, 0.2) is 5.69 Å². The van der Waals surface area contributed by atoms with Crippen molar-refractivity contribution in [3.05, 3.63) is 72.1 Å². The summed E-state index contributed by atoms with van der Waals surface area (Å²) in [7, 11) is 0. The number of rotatable bonds is 13. The molecule has 6 rings (SSSR count). The largest absolute Gasteiger partial charge is 0.444 e. The summed E-state index contributed by atoms with van der Waals surface area (Å²) < 4.78 is 5.63. The summed E-state index contributed by atoms with van der Waals surface area (Å²) in [5.74, 6) is -0.220. The number of aromatic nitrogens is 3. The summed E-state index contributed by atoms with van der Waals surface area (Å²) in [6, 6.07) is 11.4. The van der Waals surface area contributed by atoms with Gasteiger partial charge in [-0.1, -0.05) is 31.2 Å². The van der Waals surface area contributed by atoms with Crippen LogP contribution in [0.25, 0.3) is 11.1 Å². The molecular weight excluding hydrogens is 753 g/mol. The van der Waals surface area contributed by atoms with Crippen LogP contribution in [0, 0.1) is 5.92 Å². The predicted molar refractivity (Wildman–Crippen MR) is 222 cm³/mol. The summed E-state index contributed by atoms with van der Waals surface area (Å²) in [5.41, 5.74) is 2.99. The van der Waals surface area contributed by atoms with Crippen molar-refractivity contribution in [3.63, 3.8) is 0 Å². The van der Waals surface area contributed by atoms with E-state index in [2.05, 4.69) is 37.0 Å². The molecule has 5 amide bonds. The van der Waals surface area contributed by atoms with E-state index in [-0.39, 0.29) is 36.3 Å². The standard InChI is InChI=1S/C43H58N10O6/c1-5-33-8-6-7-9-36(33)34-24-37(47-38(55)28-53(42(58)59-43(2,3)4)27-35-10-13-44-30-46-35)40(45-25-34)41(57)52-14-11-32(12-15-52)26-48-16-18-49(19-17-48)29-39(56)51-22-20-50(31-54)21-23-51/h6-10,13,24-25,30-32H,5,11-12,14-23,26-29H2,1-4H3,(H,47,55). The fraction of sp³-hybridized carbons (Fsp3) is 0.535. The van der Waals surface area contributed by atoms with Crippen LogP contribution >= 0.6 is 0 Å². The second kappa shape index (κ2) is 20.0. The number of pyridine rings is 1. The van der Waals surface area contributed by atoms with Crippen LogP contribution in [0.1, 0.15) is 62.3 Å². The fourth-order valence-electron chi connectivity index (χ4n) is 7.80. The monoisotopic (exact) mass is 810 g/mol. The van der Waals surface area contributed by atoms with Gasteiger partial charge in [0, 0.05) is 89.9 Å². The molecule has 3 aliphatic heterocycles. The van der Waals surface area contributed by atoms with E-state index in [1.54, 1.807) is 50.2 Å². The van der Waals surface area contributed by atoms with Crippen molar-refractivity contribution in [1.82, 2.24) is 44.4 Å². The Bertz CT molecular complexity index is 1920. The lowest BCUT2D eigenvalue weighted by molar-refractivity contribution is -0.136. The Kier molecular flexibility index (Phi) is 14.6. The lowest BCUT2D eigenvalue weighted by atomic mass is 9.95. The SMILES string of the molecule is CCc1ccccc1-c1cnc(C(=O)N2CCC(CN3CCN(CC(=O)N4CCN(C=O)CC4)CC3)CC2)c(NC(=O)CN(Cc2ccncn2)C(=O)OC(C)(C)C)c1. The van der Waals surface area contributed by atoms with E-state index in [1.807, 2.05) is 34.1 Å². The minimum atomic E-state index is -0.789. The Hall–Kier alpha value is -5.48. The van der Waals surface area contributed by atoms with E-state index < -0.39 is 17.6 Å². The number of carbonyl (C=O) groups excluding carboxylic acids is 5. The summed E-state index contributed by atoms with van der Waals surface area (Å²) in [5, 5.41) is 2.93. The van der Waals surface area contributed by atoms with Crippen molar-refractivity contribution < 1.29 is 28.7 Å². The molecule has 0 spiro atoms. The molecule has 16 heteroatoms. The third kappa shape index (κ3) is 12.0. The van der Waals surface area contributed by atoms with Gasteiger partial charge in [-0.25, -0.2) is 19.7 Å². The van der Waals surface area contributed by atoms with Crippen molar-refractivity contribution in [2.75, 3.05) is 90.4 Å². The molecule has 0 atom stereocenters. The Morgan fingerprint density at radius 2 is 1.61 bits per heavy atom. The molecule has 1 N–H and O–H groups in total. The summed E-state index contributed by atoms with van der Waals surface area (Å²) >= 11 is 0. The first-order chi connectivity index (χ1) is 28.4. The molecule has 3 fully saturated rings. The maximum atomic E-state index is 14.2. The first-order valence-corrected chi connectivity index (χ1v) is 20.7. The first-order valence-electron chi connectivity index (χ1n) is 20.7. The average Bonchev–Trinajstić information content (AvgIpc) is 3.24. The van der Waals surface area contributed by atoms with Gasteiger partial charge in [-0.3, -0.25) is 29.0 Å². The highest BCUT2D eigenvalue weighted by molar-refractivity contribution is 6.04. The van der Waals surface area contributed by atoms with Crippen molar-refractivity contribution >= 4 is 35.9 Å². The molecule has 316 valence electrons. The highest BCUT2D eigenvalue weighted by Crippen LogP contribution is 2.29. The average molecular weight is 811 g/mol. The van der Waals surface area contributed by atoms with Crippen LogP contribution in [-0.2, 0) is 32.1 Å². The van der Waals surface area contributed by atoms with Gasteiger partial charge in [0.1, 0.15) is 18.5 Å². The van der Waals surface area contributed by atoms with Gasteiger partial charge in [-0.05, 0) is 69.2 Å². The fourth-order valence-corrected chi connectivity index (χ4v) is 7.80. The lowest BCUT2D eigenvalue weighted by Crippen LogP contribution is -2.54. The lowest BCUT2D eigenvalue weighted by Gasteiger charge is -2.39. The minimum absolute atomic E-state index is 0.0190. The van der Waals surface area contributed by atoms with Crippen LogP contribution in [0.5, 0.6) is 0 Å². The number of hydrogen-bond donors (Lipinski definition) is 1. The number of likely N-dealkylation sites (tertiary alicyclic amines) is 1. The highest BCUT2D eigenvalue weighted by atomic mass is 16.6. The Balaban J connectivity index is 1.08. The van der Waals surface area contributed by atoms with Gasteiger partial charge in [-0.15, -0.1) is 0 Å². The Morgan fingerprint density at radius 3 is 2.27 bits per heavy atom. The number of carbonyl (C=O) groups is 5. The van der Waals surface area contributed by atoms with E-state index in [0.29, 0.717) is 57.4 Å². The maximum Gasteiger partial charge on any atom is 0.411 e. The van der Waals surface area contributed by atoms with Crippen LogP contribution in [0.2, 0.25) is 0 Å². The molecule has 0 saturated carbocycles. The maximum absolute atomic E-state index is 14.2. The number of anilines is 1. The molecule has 3 aliphatic rings. The van der Waals surface area contributed by atoms with Gasteiger partial charge in [-0.2, -0.15) is 0 Å². The minimum Gasteiger partial charge on any atom is -0.444 e. The van der Waals surface area contributed by atoms with Crippen LogP contribution < -0.4 is 5.32 Å². The van der Waals surface area contributed by atoms with Crippen molar-refractivity contribution in [2.45, 2.75) is 59.1 Å². The number of aryl methyl sites for hydroxylation is 1. The molecule has 3 saturated heterocycles. The zero-order valence-electron chi connectivity index (χ0n) is 34.8. The second-order valence-corrected chi connectivity index (χ2v) is 16.6. The smallest absolute Gasteiger partial charge is 0.411 e. The normalized spacial score (nSPS) is 17.1. The molecule has 59 heavy (non-hydrogen) atoms. The van der Waals surface area contributed by atoms with Gasteiger partial charge < -0.3 is 29.7 Å². The quantitative estimate of drug-likeness (QED) is 0.252. The zero-order valence-corrected chi connectivity index (χ0v) is 34.8. The Labute approximate surface area is 346 Å². The van der Waals surface area contributed by atoms with E-state index >= 15 is 0 Å². The van der Waals surface area contributed by atoms with Gasteiger partial charge >= 0.3 is 6.09 Å². The Morgan fingerprint density at radius 1 is 0.898 bits per heavy atom. The van der Waals surface area contributed by atoms with E-state index in [0.717, 1.165) is 75.1 Å². The number of nitrogens with one attached hydrogen (secondary N) is 1. The number of nitrogens with zero attached hydrogens (tertiary/aromatic N) is 9. The molecule has 3 aromatic rings. The second-order valence-electron chi connectivity index (χ2n) is 16.6. The molecular formula is C43H58N10O6. The molecule has 5 heterocycles. The molecule has 0 aliphatic carbocycles. The molecule has 16 nitrogen and oxygen atoms in total. The van der Waals surface area contributed by atoms with E-state index in [1.165, 1.54) is 11.2 Å². The molecule has 1 aromatic carbocycles. The third-order valence-corrected chi connectivity index (χ3v) is 11.1. The number of benzene rings is 1. The van der Waals surface area contributed by atoms with Gasteiger partial charge in [0.2, 0.25) is 18.2 Å². The van der Waals surface area contributed by atoms with Crippen LogP contribution in [0.3, 0.4) is 0 Å². The molecule has 0 radical (unpaired) electrons. The predicted octanol–water partition coefficient (Wildman–Crippen LogP) is 3.25. The number of ether oxygens (including phenoxy) is 1. The number of amides is 5. The molecule has 0 bridgehead atoms. The highest BCUT2D eigenvalue weighted by Gasteiger charge is 2.31. The molecule has 0 unspecified atom stereocenters. The van der Waals surface area contributed by atoms with E-state index in [9.17, 15) is 24.0 Å². The zero-order chi connectivity index (χ0) is 41.9. The first kappa shape index (κ1) is 43.1. The summed E-state index contributed by atoms with van der Waals surface area (Å²) in [6.07, 6.45) is 7.28. The molecule has 2 aromatic heterocycles. The van der Waals surface area contributed by atoms with Crippen LogP contribution in [-0.4, -0.2) is 165 Å². The number of piperazine rings is 2. The summed E-state index contributed by atoms with van der Waals surface area (Å²) in [6.45, 7) is 15.3. The topological polar surface area (TPSA) is 165 Å². The van der Waals surface area contributed by atoms with E-state index in [4.69, 9.17) is 4.74 Å². The van der Waals surface area contributed by atoms with Crippen molar-refractivity contribution in [2.24, 2.45) is 5.92 Å². The van der Waals surface area contributed by atoms with Gasteiger partial charge in [0.05, 0.1) is 24.5 Å². The van der Waals surface area contributed by atoms with Crippen LogP contribution in [0.4, 0.5) is 10.5 Å². The number of piperidine rings is 1. The number of hydrogen-bond acceptors (Lipinski definition) is 11. The third-order valence-electron chi connectivity index (χ3n) is 11.1. The van der Waals surface area contributed by atoms with Crippen LogP contribution in [0.15, 0.2) is 55.1 Å². The summed E-state index contributed by atoms with van der Waals surface area (Å²) in [4.78, 5) is 89.4. The van der Waals surface area contributed by atoms with Gasteiger partial charge in [0.25, 0.3) is 5.91 Å². The van der Waals surface area contributed by atoms with Crippen molar-refractivity contribution in [3.8, 4) is 11.1 Å².